The number of aliphatic imine (C=N–C) groups is 1. The molecule has 0 radical (unpaired) electrons. The lowest BCUT2D eigenvalue weighted by Crippen LogP contribution is -2.48. The van der Waals surface area contributed by atoms with Crippen molar-refractivity contribution in [3.63, 3.8) is 0 Å². The SMILES string of the molecule is N=C(N=C(N)N)N1CCN(c2ccc(F)cc2)CC1. The van der Waals surface area contributed by atoms with Gasteiger partial charge in [-0.05, 0) is 24.3 Å². The first-order chi connectivity index (χ1) is 9.06. The minimum Gasteiger partial charge on any atom is -0.370 e. The molecule has 0 amide bonds. The number of nitrogens with two attached hydrogens (primary N) is 2. The second kappa shape index (κ2) is 5.55. The third-order valence-electron chi connectivity index (χ3n) is 3.01. The Morgan fingerprint density at radius 2 is 1.68 bits per heavy atom. The predicted molar refractivity (Wildman–Crippen MR) is 73.7 cm³/mol. The fourth-order valence-corrected chi connectivity index (χ4v) is 2.02. The number of hydrogen-bond donors (Lipinski definition) is 3. The molecule has 1 heterocycles. The van der Waals surface area contributed by atoms with Gasteiger partial charge in [-0.1, -0.05) is 0 Å². The Labute approximate surface area is 111 Å². The molecule has 0 aromatic heterocycles. The normalized spacial score (nSPS) is 15.2. The zero-order valence-electron chi connectivity index (χ0n) is 10.5. The Hall–Kier alpha value is -2.31. The monoisotopic (exact) mass is 264 g/mol. The summed E-state index contributed by atoms with van der Waals surface area (Å²) < 4.78 is 12.8. The van der Waals surface area contributed by atoms with Gasteiger partial charge in [-0.2, -0.15) is 4.99 Å². The maximum absolute atomic E-state index is 12.8. The summed E-state index contributed by atoms with van der Waals surface area (Å²) in [5.41, 5.74) is 11.5. The molecule has 19 heavy (non-hydrogen) atoms. The van der Waals surface area contributed by atoms with E-state index in [9.17, 15) is 4.39 Å². The summed E-state index contributed by atoms with van der Waals surface area (Å²) in [5, 5.41) is 7.72. The van der Waals surface area contributed by atoms with Crippen molar-refractivity contribution in [2.24, 2.45) is 16.5 Å². The molecule has 1 aliphatic heterocycles. The first-order valence-corrected chi connectivity index (χ1v) is 6.00. The fourth-order valence-electron chi connectivity index (χ4n) is 2.02. The van der Waals surface area contributed by atoms with Crippen molar-refractivity contribution in [3.05, 3.63) is 30.1 Å². The number of piperazine rings is 1. The van der Waals surface area contributed by atoms with E-state index in [1.807, 2.05) is 0 Å². The minimum atomic E-state index is -0.239. The van der Waals surface area contributed by atoms with Crippen LogP contribution < -0.4 is 16.4 Å². The molecule has 6 nitrogen and oxygen atoms in total. The molecule has 0 bridgehead atoms. The van der Waals surface area contributed by atoms with E-state index in [0.717, 1.165) is 18.8 Å². The van der Waals surface area contributed by atoms with Crippen molar-refractivity contribution in [2.75, 3.05) is 31.1 Å². The zero-order chi connectivity index (χ0) is 13.8. The molecule has 0 spiro atoms. The van der Waals surface area contributed by atoms with Gasteiger partial charge in [-0.3, -0.25) is 5.41 Å². The molecule has 0 aliphatic carbocycles. The third kappa shape index (κ3) is 3.34. The second-order valence-corrected chi connectivity index (χ2v) is 4.31. The Bertz CT molecular complexity index is 471. The van der Waals surface area contributed by atoms with Crippen LogP contribution in [0.15, 0.2) is 29.3 Å². The number of nitrogens with zero attached hydrogens (tertiary/aromatic N) is 3. The molecule has 1 aromatic carbocycles. The van der Waals surface area contributed by atoms with Crippen LogP contribution in [0.25, 0.3) is 0 Å². The van der Waals surface area contributed by atoms with Crippen LogP contribution >= 0.6 is 0 Å². The second-order valence-electron chi connectivity index (χ2n) is 4.31. The van der Waals surface area contributed by atoms with E-state index in [4.69, 9.17) is 16.9 Å². The largest absolute Gasteiger partial charge is 0.370 e. The molecule has 5 N–H and O–H groups in total. The van der Waals surface area contributed by atoms with Crippen LogP contribution in [0.3, 0.4) is 0 Å². The first-order valence-electron chi connectivity index (χ1n) is 6.00. The van der Waals surface area contributed by atoms with E-state index in [0.29, 0.717) is 13.1 Å². The molecule has 0 unspecified atom stereocenters. The molecular formula is C12H17FN6. The van der Waals surface area contributed by atoms with Gasteiger partial charge in [0.05, 0.1) is 0 Å². The van der Waals surface area contributed by atoms with Gasteiger partial charge in [0.25, 0.3) is 0 Å². The molecule has 7 heteroatoms. The quantitative estimate of drug-likeness (QED) is 0.497. The standard InChI is InChI=1S/C12H17FN6/c13-9-1-3-10(4-2-9)18-5-7-19(8-6-18)12(16)17-11(14)15/h1-4H,5-8H2,(H5,14,15,16,17). The fraction of sp³-hybridized carbons (Fsp3) is 0.333. The van der Waals surface area contributed by atoms with Crippen LogP contribution in [-0.4, -0.2) is 43.0 Å². The van der Waals surface area contributed by atoms with Gasteiger partial charge in [-0.15, -0.1) is 0 Å². The lowest BCUT2D eigenvalue weighted by atomic mass is 10.2. The highest BCUT2D eigenvalue weighted by Crippen LogP contribution is 2.16. The van der Waals surface area contributed by atoms with Gasteiger partial charge in [0.2, 0.25) is 5.96 Å². The van der Waals surface area contributed by atoms with Crippen LogP contribution in [0.2, 0.25) is 0 Å². The highest BCUT2D eigenvalue weighted by atomic mass is 19.1. The average molecular weight is 264 g/mol. The minimum absolute atomic E-state index is 0.0822. The average Bonchev–Trinajstić information content (AvgIpc) is 2.39. The number of benzene rings is 1. The molecule has 1 fully saturated rings. The van der Waals surface area contributed by atoms with Crippen LogP contribution in [-0.2, 0) is 0 Å². The highest BCUT2D eigenvalue weighted by molar-refractivity contribution is 5.91. The van der Waals surface area contributed by atoms with Crippen LogP contribution in [0.4, 0.5) is 10.1 Å². The van der Waals surface area contributed by atoms with Gasteiger partial charge in [-0.25, -0.2) is 4.39 Å². The highest BCUT2D eigenvalue weighted by Gasteiger charge is 2.19. The van der Waals surface area contributed by atoms with E-state index < -0.39 is 0 Å². The Morgan fingerprint density at radius 1 is 1.11 bits per heavy atom. The van der Waals surface area contributed by atoms with E-state index in [1.165, 1.54) is 12.1 Å². The molecule has 102 valence electrons. The first kappa shape index (κ1) is 13.1. The van der Waals surface area contributed by atoms with E-state index in [2.05, 4.69) is 9.89 Å². The van der Waals surface area contributed by atoms with E-state index in [1.54, 1.807) is 17.0 Å². The van der Waals surface area contributed by atoms with Crippen LogP contribution in [0.1, 0.15) is 0 Å². The summed E-state index contributed by atoms with van der Waals surface area (Å²) in [5.74, 6) is -0.262. The molecule has 0 atom stereocenters. The lowest BCUT2D eigenvalue weighted by molar-refractivity contribution is 0.380. The van der Waals surface area contributed by atoms with Crippen molar-refractivity contribution in [1.29, 1.82) is 5.41 Å². The summed E-state index contributed by atoms with van der Waals surface area (Å²) in [4.78, 5) is 7.67. The number of hydrogen-bond acceptors (Lipinski definition) is 2. The maximum Gasteiger partial charge on any atom is 0.221 e. The Kier molecular flexibility index (Phi) is 3.84. The topological polar surface area (TPSA) is 94.7 Å². The summed E-state index contributed by atoms with van der Waals surface area (Å²) in [6, 6.07) is 6.41. The van der Waals surface area contributed by atoms with Crippen molar-refractivity contribution in [2.45, 2.75) is 0 Å². The van der Waals surface area contributed by atoms with Gasteiger partial charge < -0.3 is 21.3 Å². The van der Waals surface area contributed by atoms with Crippen LogP contribution in [0.5, 0.6) is 0 Å². The molecule has 2 rings (SSSR count). The van der Waals surface area contributed by atoms with Gasteiger partial charge >= 0.3 is 0 Å². The van der Waals surface area contributed by atoms with Crippen LogP contribution in [0, 0.1) is 11.2 Å². The number of halogens is 1. The number of rotatable bonds is 1. The summed E-state index contributed by atoms with van der Waals surface area (Å²) in [6.07, 6.45) is 0. The molecule has 1 aliphatic rings. The molecule has 0 saturated carbocycles. The third-order valence-corrected chi connectivity index (χ3v) is 3.01. The molecule has 1 aromatic rings. The number of anilines is 1. The van der Waals surface area contributed by atoms with Gasteiger partial charge in [0, 0.05) is 31.9 Å². The van der Waals surface area contributed by atoms with Crippen molar-refractivity contribution < 1.29 is 4.39 Å². The Morgan fingerprint density at radius 3 is 2.21 bits per heavy atom. The van der Waals surface area contributed by atoms with Crippen molar-refractivity contribution >= 4 is 17.6 Å². The smallest absolute Gasteiger partial charge is 0.221 e. The Balaban J connectivity index is 1.94. The van der Waals surface area contributed by atoms with Gasteiger partial charge in [0.15, 0.2) is 5.96 Å². The lowest BCUT2D eigenvalue weighted by Gasteiger charge is -2.36. The zero-order valence-corrected chi connectivity index (χ0v) is 10.5. The van der Waals surface area contributed by atoms with E-state index >= 15 is 0 Å². The predicted octanol–water partition coefficient (Wildman–Crippen LogP) is 0.156. The number of nitrogens with one attached hydrogen (secondary N) is 1. The molecule has 1 saturated heterocycles. The summed E-state index contributed by atoms with van der Waals surface area (Å²) in [6.45, 7) is 2.81. The maximum atomic E-state index is 12.8. The molecular weight excluding hydrogens is 247 g/mol. The van der Waals surface area contributed by atoms with E-state index in [-0.39, 0.29) is 17.7 Å². The summed E-state index contributed by atoms with van der Waals surface area (Å²) >= 11 is 0. The number of guanidine groups is 2. The van der Waals surface area contributed by atoms with Crippen molar-refractivity contribution in [1.82, 2.24) is 4.90 Å². The van der Waals surface area contributed by atoms with Crippen molar-refractivity contribution in [3.8, 4) is 0 Å². The summed E-state index contributed by atoms with van der Waals surface area (Å²) in [7, 11) is 0. The van der Waals surface area contributed by atoms with Gasteiger partial charge in [0.1, 0.15) is 5.82 Å².